The van der Waals surface area contributed by atoms with Crippen molar-refractivity contribution in [3.63, 3.8) is 0 Å². The first-order chi connectivity index (χ1) is 29.1. The van der Waals surface area contributed by atoms with Crippen molar-refractivity contribution < 1.29 is 0 Å². The summed E-state index contributed by atoms with van der Waals surface area (Å²) in [5.74, 6) is 2.55. The van der Waals surface area contributed by atoms with Gasteiger partial charge in [0.2, 0.25) is 0 Å². The van der Waals surface area contributed by atoms with Crippen molar-refractivity contribution in [3.8, 4) is 22.3 Å². The average Bonchev–Trinajstić information content (AvgIpc) is 3.57. The molecule has 0 saturated heterocycles. The number of anilines is 3. The van der Waals surface area contributed by atoms with Gasteiger partial charge in [0.15, 0.2) is 0 Å². The van der Waals surface area contributed by atoms with Gasteiger partial charge in [-0.3, -0.25) is 0 Å². The summed E-state index contributed by atoms with van der Waals surface area (Å²) in [4.78, 5) is 2.69. The Balaban J connectivity index is 1.17. The first-order valence-corrected chi connectivity index (χ1v) is 21.9. The first-order valence-electron chi connectivity index (χ1n) is 21.9. The third-order valence-corrected chi connectivity index (χ3v) is 15.0. The maximum atomic E-state index is 2.69. The highest BCUT2D eigenvalue weighted by Gasteiger charge is 2.53. The standard InChI is InChI=1S/C58H49N/c1-39-16-8-11-23-48(39)51-33-43-17-9-10-18-44(43)34-56(51)59(55-27-15-14-26-53(55)57-36-40-30-41(37-57)32-42(31-40)38-57)47-28-29-50-49-24-12-13-25-52(49)58(54(50)35-47,45-19-4-2-5-20-45)46-21-6-3-7-22-46/h2-29,33-35,40-42H,30-32,36-38H2,1H3. The predicted molar refractivity (Wildman–Crippen MR) is 246 cm³/mol. The van der Waals surface area contributed by atoms with Crippen LogP contribution >= 0.6 is 0 Å². The van der Waals surface area contributed by atoms with Crippen LogP contribution in [0.15, 0.2) is 188 Å². The van der Waals surface area contributed by atoms with E-state index in [0.717, 1.165) is 17.8 Å². The van der Waals surface area contributed by atoms with Gasteiger partial charge in [0.25, 0.3) is 0 Å². The molecular weight excluding hydrogens is 711 g/mol. The van der Waals surface area contributed by atoms with Crippen LogP contribution in [0.5, 0.6) is 0 Å². The minimum atomic E-state index is -0.488. The van der Waals surface area contributed by atoms with Gasteiger partial charge in [0.05, 0.1) is 11.1 Å². The third kappa shape index (κ3) is 5.30. The van der Waals surface area contributed by atoms with Crippen molar-refractivity contribution in [2.45, 2.75) is 56.3 Å². The van der Waals surface area contributed by atoms with E-state index >= 15 is 0 Å². The minimum absolute atomic E-state index is 0.202. The fraction of sp³-hybridized carbons (Fsp3) is 0.207. The molecule has 0 N–H and O–H groups in total. The van der Waals surface area contributed by atoms with Gasteiger partial charge in [0, 0.05) is 16.9 Å². The summed E-state index contributed by atoms with van der Waals surface area (Å²) in [5, 5.41) is 2.52. The van der Waals surface area contributed by atoms with Gasteiger partial charge in [-0.15, -0.1) is 0 Å². The van der Waals surface area contributed by atoms with Gasteiger partial charge in [0.1, 0.15) is 0 Å². The molecule has 1 heteroatoms. The van der Waals surface area contributed by atoms with E-state index in [0.29, 0.717) is 0 Å². The summed E-state index contributed by atoms with van der Waals surface area (Å²) in [6.07, 6.45) is 8.24. The largest absolute Gasteiger partial charge is 0.310 e. The third-order valence-electron chi connectivity index (χ3n) is 15.0. The Hall–Kier alpha value is -6.18. The van der Waals surface area contributed by atoms with Crippen LogP contribution in [0.2, 0.25) is 0 Å². The van der Waals surface area contributed by atoms with E-state index in [-0.39, 0.29) is 5.41 Å². The molecule has 0 unspecified atom stereocenters. The highest BCUT2D eigenvalue weighted by atomic mass is 15.1. The van der Waals surface area contributed by atoms with Crippen molar-refractivity contribution in [3.05, 3.63) is 221 Å². The lowest BCUT2D eigenvalue weighted by molar-refractivity contribution is -0.00491. The van der Waals surface area contributed by atoms with Crippen LogP contribution in [0.3, 0.4) is 0 Å². The second kappa shape index (κ2) is 13.4. The van der Waals surface area contributed by atoms with Crippen LogP contribution in [0.4, 0.5) is 17.1 Å². The Morgan fingerprint density at radius 3 is 1.59 bits per heavy atom. The predicted octanol–water partition coefficient (Wildman–Crippen LogP) is 15.1. The number of fused-ring (bicyclic) bond motifs is 4. The van der Waals surface area contributed by atoms with Gasteiger partial charge < -0.3 is 4.90 Å². The fourth-order valence-corrected chi connectivity index (χ4v) is 13.0. The molecule has 13 rings (SSSR count). The summed E-state index contributed by atoms with van der Waals surface area (Å²) < 4.78 is 0. The lowest BCUT2D eigenvalue weighted by Crippen LogP contribution is -2.48. The molecule has 5 aliphatic rings. The van der Waals surface area contributed by atoms with E-state index in [1.807, 2.05) is 0 Å². The summed E-state index contributed by atoms with van der Waals surface area (Å²) >= 11 is 0. The second-order valence-electron chi connectivity index (χ2n) is 18.3. The number of aryl methyl sites for hydroxylation is 1. The summed E-state index contributed by atoms with van der Waals surface area (Å²) in [7, 11) is 0. The van der Waals surface area contributed by atoms with Gasteiger partial charge in [-0.05, 0) is 160 Å². The Morgan fingerprint density at radius 1 is 0.407 bits per heavy atom. The summed E-state index contributed by atoms with van der Waals surface area (Å²) in [6.45, 7) is 2.27. The molecule has 4 bridgehead atoms. The molecule has 0 aromatic heterocycles. The monoisotopic (exact) mass is 759 g/mol. The van der Waals surface area contributed by atoms with Gasteiger partial charge >= 0.3 is 0 Å². The molecule has 0 heterocycles. The lowest BCUT2D eigenvalue weighted by atomic mass is 9.48. The molecule has 0 spiro atoms. The fourth-order valence-electron chi connectivity index (χ4n) is 13.0. The molecule has 0 aliphatic heterocycles. The van der Waals surface area contributed by atoms with Crippen molar-refractivity contribution in [1.82, 2.24) is 0 Å². The van der Waals surface area contributed by atoms with Crippen LogP contribution in [0, 0.1) is 24.7 Å². The van der Waals surface area contributed by atoms with Crippen molar-refractivity contribution in [2.24, 2.45) is 17.8 Å². The van der Waals surface area contributed by atoms with Gasteiger partial charge in [-0.2, -0.15) is 0 Å². The van der Waals surface area contributed by atoms with E-state index in [1.54, 1.807) is 5.56 Å². The maximum absolute atomic E-state index is 2.69. The number of hydrogen-bond acceptors (Lipinski definition) is 1. The molecule has 0 radical (unpaired) electrons. The Bertz CT molecular complexity index is 2810. The van der Waals surface area contributed by atoms with Crippen molar-refractivity contribution >= 4 is 27.8 Å². The Kier molecular flexibility index (Phi) is 7.93. The van der Waals surface area contributed by atoms with E-state index in [2.05, 4.69) is 200 Å². The average molecular weight is 760 g/mol. The number of para-hydroxylation sites is 1. The topological polar surface area (TPSA) is 3.24 Å². The highest BCUT2D eigenvalue weighted by Crippen LogP contribution is 2.63. The first kappa shape index (κ1) is 34.8. The van der Waals surface area contributed by atoms with Crippen LogP contribution < -0.4 is 4.90 Å². The van der Waals surface area contributed by atoms with E-state index in [9.17, 15) is 0 Å². The number of rotatable bonds is 7. The van der Waals surface area contributed by atoms with Crippen molar-refractivity contribution in [2.75, 3.05) is 4.90 Å². The van der Waals surface area contributed by atoms with Gasteiger partial charge in [-0.25, -0.2) is 0 Å². The van der Waals surface area contributed by atoms with Crippen LogP contribution in [-0.2, 0) is 10.8 Å². The molecule has 0 atom stereocenters. The second-order valence-corrected chi connectivity index (χ2v) is 18.3. The van der Waals surface area contributed by atoms with Gasteiger partial charge in [-0.1, -0.05) is 158 Å². The zero-order chi connectivity index (χ0) is 39.1. The summed E-state index contributed by atoms with van der Waals surface area (Å²) in [5.41, 5.74) is 16.8. The highest BCUT2D eigenvalue weighted by molar-refractivity contribution is 6.00. The molecule has 4 saturated carbocycles. The molecule has 4 fully saturated rings. The van der Waals surface area contributed by atoms with E-state index in [4.69, 9.17) is 0 Å². The Labute approximate surface area is 349 Å². The Morgan fingerprint density at radius 2 is 0.932 bits per heavy atom. The molecule has 286 valence electrons. The molecule has 8 aromatic carbocycles. The number of nitrogens with zero attached hydrogens (tertiary/aromatic N) is 1. The van der Waals surface area contributed by atoms with Crippen LogP contribution in [0.1, 0.15) is 71.9 Å². The number of benzene rings is 8. The quantitative estimate of drug-likeness (QED) is 0.156. The lowest BCUT2D eigenvalue weighted by Gasteiger charge is -2.57. The minimum Gasteiger partial charge on any atom is -0.310 e. The normalized spacial score (nSPS) is 21.9. The van der Waals surface area contributed by atoms with Crippen LogP contribution in [0.25, 0.3) is 33.0 Å². The van der Waals surface area contributed by atoms with E-state index < -0.39 is 5.41 Å². The SMILES string of the molecule is Cc1ccccc1-c1cc2ccccc2cc1N(c1ccc2c(c1)C(c1ccccc1)(c1ccccc1)c1ccccc1-2)c1ccccc1C12CC3CC(CC(C3)C1)C2. The molecular formula is C58H49N. The van der Waals surface area contributed by atoms with Crippen LogP contribution in [-0.4, -0.2) is 0 Å². The zero-order valence-electron chi connectivity index (χ0n) is 33.8. The van der Waals surface area contributed by atoms with E-state index in [1.165, 1.54) is 116 Å². The summed E-state index contributed by atoms with van der Waals surface area (Å²) in [6, 6.07) is 71.5. The maximum Gasteiger partial charge on any atom is 0.0714 e. The molecule has 8 aromatic rings. The molecule has 5 aliphatic carbocycles. The molecule has 59 heavy (non-hydrogen) atoms. The van der Waals surface area contributed by atoms with Crippen molar-refractivity contribution in [1.29, 1.82) is 0 Å². The number of hydrogen-bond donors (Lipinski definition) is 0. The molecule has 0 amide bonds. The molecule has 1 nitrogen and oxygen atoms in total. The zero-order valence-corrected chi connectivity index (χ0v) is 33.8. The smallest absolute Gasteiger partial charge is 0.0714 e.